The van der Waals surface area contributed by atoms with E-state index >= 15 is 0 Å². The minimum absolute atomic E-state index is 0.107. The predicted molar refractivity (Wildman–Crippen MR) is 78.1 cm³/mol. The van der Waals surface area contributed by atoms with Gasteiger partial charge in [-0.2, -0.15) is 0 Å². The van der Waals surface area contributed by atoms with Crippen LogP contribution in [0.1, 0.15) is 17.0 Å². The number of nitrogens with one attached hydrogen (secondary N) is 1. The van der Waals surface area contributed by atoms with Crippen molar-refractivity contribution in [2.24, 2.45) is 0 Å². The van der Waals surface area contributed by atoms with Crippen LogP contribution in [-0.2, 0) is 13.1 Å². The summed E-state index contributed by atoms with van der Waals surface area (Å²) in [6.07, 6.45) is 3.39. The van der Waals surface area contributed by atoms with Crippen LogP contribution >= 0.6 is 15.9 Å². The largest absolute Gasteiger partial charge is 0.307 e. The number of hydrogen-bond donors (Lipinski definition) is 1. The molecule has 20 heavy (non-hydrogen) atoms. The molecule has 0 atom stereocenters. The van der Waals surface area contributed by atoms with Gasteiger partial charge < -0.3 is 5.32 Å². The highest BCUT2D eigenvalue weighted by Gasteiger charge is 2.13. The highest BCUT2D eigenvalue weighted by molar-refractivity contribution is 9.10. The Bertz CT molecular complexity index is 616. The molecule has 0 bridgehead atoms. The van der Waals surface area contributed by atoms with Gasteiger partial charge in [0.25, 0.3) is 5.69 Å². The first-order valence-corrected chi connectivity index (χ1v) is 6.76. The lowest BCUT2D eigenvalue weighted by Crippen LogP contribution is -2.15. The van der Waals surface area contributed by atoms with Gasteiger partial charge in [0.2, 0.25) is 0 Å². The van der Waals surface area contributed by atoms with Crippen LogP contribution in [-0.4, -0.2) is 14.9 Å². The second kappa shape index (κ2) is 6.53. The Labute approximate surface area is 124 Å². The highest BCUT2D eigenvalue weighted by atomic mass is 79.9. The minimum atomic E-state index is -0.380. The fraction of sp³-hybridized carbons (Fsp3) is 0.231. The third-order valence-corrected chi connectivity index (χ3v) is 3.19. The first kappa shape index (κ1) is 14.5. The molecule has 2 aromatic rings. The third-order valence-electron chi connectivity index (χ3n) is 2.69. The average Bonchev–Trinajstić information content (AvgIpc) is 2.41. The summed E-state index contributed by atoms with van der Waals surface area (Å²) in [5.41, 5.74) is 2.39. The zero-order valence-corrected chi connectivity index (χ0v) is 12.4. The Hall–Kier alpha value is -1.86. The summed E-state index contributed by atoms with van der Waals surface area (Å²) >= 11 is 3.32. The molecule has 2 rings (SSSR count). The molecule has 0 aliphatic carbocycles. The lowest BCUT2D eigenvalue weighted by Gasteiger charge is -2.06. The fourth-order valence-electron chi connectivity index (χ4n) is 1.71. The number of nitrogens with zero attached hydrogens (tertiary/aromatic N) is 3. The maximum Gasteiger partial charge on any atom is 0.273 e. The molecule has 1 aromatic heterocycles. The van der Waals surface area contributed by atoms with Gasteiger partial charge in [-0.3, -0.25) is 20.1 Å². The minimum Gasteiger partial charge on any atom is -0.307 e. The van der Waals surface area contributed by atoms with Gasteiger partial charge in [-0.15, -0.1) is 0 Å². The van der Waals surface area contributed by atoms with Gasteiger partial charge >= 0.3 is 0 Å². The van der Waals surface area contributed by atoms with E-state index in [9.17, 15) is 10.1 Å². The van der Waals surface area contributed by atoms with Gasteiger partial charge in [0.15, 0.2) is 0 Å². The molecule has 0 spiro atoms. The molecule has 0 saturated carbocycles. The van der Waals surface area contributed by atoms with Gasteiger partial charge in [0.05, 0.1) is 16.3 Å². The molecule has 1 heterocycles. The summed E-state index contributed by atoms with van der Waals surface area (Å²) in [6.45, 7) is 2.78. The Morgan fingerprint density at radius 1 is 1.30 bits per heavy atom. The van der Waals surface area contributed by atoms with E-state index in [-0.39, 0.29) is 10.6 Å². The fourth-order valence-corrected chi connectivity index (χ4v) is 2.12. The van der Waals surface area contributed by atoms with Crippen LogP contribution in [0.4, 0.5) is 5.69 Å². The van der Waals surface area contributed by atoms with Crippen molar-refractivity contribution in [3.05, 3.63) is 62.1 Å². The van der Waals surface area contributed by atoms with Crippen LogP contribution < -0.4 is 5.32 Å². The Morgan fingerprint density at radius 2 is 2.10 bits per heavy atom. The van der Waals surface area contributed by atoms with Crippen molar-refractivity contribution in [1.29, 1.82) is 0 Å². The maximum absolute atomic E-state index is 10.9. The number of aryl methyl sites for hydroxylation is 1. The molecule has 1 aromatic carbocycles. The number of hydrogen-bond acceptors (Lipinski definition) is 5. The van der Waals surface area contributed by atoms with E-state index < -0.39 is 0 Å². The average molecular weight is 337 g/mol. The molecule has 7 heteroatoms. The highest BCUT2D eigenvalue weighted by Crippen LogP contribution is 2.22. The lowest BCUT2D eigenvalue weighted by atomic mass is 10.2. The molecule has 1 N–H and O–H groups in total. The van der Waals surface area contributed by atoms with Crippen molar-refractivity contribution in [1.82, 2.24) is 15.3 Å². The number of rotatable bonds is 5. The van der Waals surface area contributed by atoms with Crippen molar-refractivity contribution in [2.75, 3.05) is 0 Å². The smallest absolute Gasteiger partial charge is 0.273 e. The number of benzene rings is 1. The van der Waals surface area contributed by atoms with Gasteiger partial charge in [-0.25, -0.2) is 0 Å². The Morgan fingerprint density at radius 3 is 2.75 bits per heavy atom. The molecular formula is C13H13BrN4O2. The Balaban J connectivity index is 2.02. The van der Waals surface area contributed by atoms with Gasteiger partial charge in [-0.05, 0) is 19.1 Å². The van der Waals surface area contributed by atoms with Crippen molar-refractivity contribution in [3.8, 4) is 0 Å². The van der Waals surface area contributed by atoms with E-state index in [0.717, 1.165) is 15.9 Å². The summed E-state index contributed by atoms with van der Waals surface area (Å²) in [7, 11) is 0. The van der Waals surface area contributed by atoms with E-state index in [4.69, 9.17) is 0 Å². The standard InChI is InChI=1S/C13H13BrN4O2/c1-9-5-17-12(8-16-9)7-15-6-10-4-11(14)2-3-13(10)18(19)20/h2-5,8,15H,6-7H2,1H3. The van der Waals surface area contributed by atoms with Crippen LogP contribution in [0.15, 0.2) is 35.1 Å². The first-order valence-electron chi connectivity index (χ1n) is 5.97. The van der Waals surface area contributed by atoms with E-state index in [1.165, 1.54) is 6.07 Å². The van der Waals surface area contributed by atoms with Crippen LogP contribution in [0.25, 0.3) is 0 Å². The molecule has 0 aliphatic rings. The third kappa shape index (κ3) is 3.82. The monoisotopic (exact) mass is 336 g/mol. The van der Waals surface area contributed by atoms with Crippen molar-refractivity contribution in [3.63, 3.8) is 0 Å². The number of halogens is 1. The van der Waals surface area contributed by atoms with Crippen LogP contribution in [0.3, 0.4) is 0 Å². The molecule has 0 aliphatic heterocycles. The lowest BCUT2D eigenvalue weighted by molar-refractivity contribution is -0.385. The second-order valence-corrected chi connectivity index (χ2v) is 5.20. The molecule has 0 amide bonds. The molecule has 0 saturated heterocycles. The van der Waals surface area contributed by atoms with E-state index in [2.05, 4.69) is 31.2 Å². The quantitative estimate of drug-likeness (QED) is 0.670. The number of nitro benzene ring substituents is 1. The van der Waals surface area contributed by atoms with Crippen LogP contribution in [0, 0.1) is 17.0 Å². The number of aromatic nitrogens is 2. The molecular weight excluding hydrogens is 324 g/mol. The van der Waals surface area contributed by atoms with Crippen molar-refractivity contribution in [2.45, 2.75) is 20.0 Å². The van der Waals surface area contributed by atoms with E-state index in [0.29, 0.717) is 18.7 Å². The molecule has 6 nitrogen and oxygen atoms in total. The summed E-state index contributed by atoms with van der Waals surface area (Å²) in [5.74, 6) is 0. The van der Waals surface area contributed by atoms with Crippen molar-refractivity contribution >= 4 is 21.6 Å². The molecule has 104 valence electrons. The van der Waals surface area contributed by atoms with Gasteiger partial charge in [0.1, 0.15) is 0 Å². The van der Waals surface area contributed by atoms with E-state index in [1.807, 2.05) is 6.92 Å². The van der Waals surface area contributed by atoms with Crippen molar-refractivity contribution < 1.29 is 4.92 Å². The van der Waals surface area contributed by atoms with Crippen LogP contribution in [0.2, 0.25) is 0 Å². The first-order chi connectivity index (χ1) is 9.56. The van der Waals surface area contributed by atoms with Gasteiger partial charge in [0, 0.05) is 41.6 Å². The van der Waals surface area contributed by atoms with Gasteiger partial charge in [-0.1, -0.05) is 15.9 Å². The SMILES string of the molecule is Cc1cnc(CNCc2cc(Br)ccc2[N+](=O)[O-])cn1. The normalized spacial score (nSPS) is 10.5. The zero-order chi connectivity index (χ0) is 14.5. The maximum atomic E-state index is 10.9. The molecule has 0 fully saturated rings. The number of nitro groups is 1. The summed E-state index contributed by atoms with van der Waals surface area (Å²) in [6, 6.07) is 4.89. The topological polar surface area (TPSA) is 81.0 Å². The Kier molecular flexibility index (Phi) is 4.75. The molecule has 0 radical (unpaired) electrons. The van der Waals surface area contributed by atoms with Crippen LogP contribution in [0.5, 0.6) is 0 Å². The summed E-state index contributed by atoms with van der Waals surface area (Å²) < 4.78 is 0.815. The molecule has 0 unspecified atom stereocenters. The summed E-state index contributed by atoms with van der Waals surface area (Å²) in [5, 5.41) is 14.1. The second-order valence-electron chi connectivity index (χ2n) is 4.28. The predicted octanol–water partition coefficient (Wildman–Crippen LogP) is 2.75. The van der Waals surface area contributed by atoms with E-state index in [1.54, 1.807) is 24.5 Å². The summed E-state index contributed by atoms with van der Waals surface area (Å²) in [4.78, 5) is 18.9. The zero-order valence-electron chi connectivity index (χ0n) is 10.8.